The van der Waals surface area contributed by atoms with Crippen LogP contribution in [0.25, 0.3) is 0 Å². The van der Waals surface area contributed by atoms with Gasteiger partial charge in [0.05, 0.1) is 31.9 Å². The van der Waals surface area contributed by atoms with Crippen LogP contribution in [0.1, 0.15) is 56.9 Å². The van der Waals surface area contributed by atoms with E-state index < -0.39 is 0 Å². The molecule has 1 aromatic rings. The quantitative estimate of drug-likeness (QED) is 0.567. The molecular weight excluding hydrogens is 352 g/mol. The standard InChI is InChI=1S/C23H30N2O3/c1-27-20-14-13-16(15-21(20)28-2)22-18-11-7-8-12-19(18)23(26)25(24-22)17-9-5-3-4-6-10-17/h7-8,13-15,17-19H,3-6,9-12H2,1-2H3/t18-,19+/m1/s1. The summed E-state index contributed by atoms with van der Waals surface area (Å²) in [4.78, 5) is 13.3. The molecule has 1 heterocycles. The average molecular weight is 383 g/mol. The van der Waals surface area contributed by atoms with Crippen LogP contribution < -0.4 is 9.47 Å². The molecule has 4 rings (SSSR count). The summed E-state index contributed by atoms with van der Waals surface area (Å²) in [7, 11) is 3.29. The number of hydrazone groups is 1. The molecule has 5 nitrogen and oxygen atoms in total. The highest BCUT2D eigenvalue weighted by Gasteiger charge is 2.42. The Balaban J connectivity index is 1.74. The van der Waals surface area contributed by atoms with Crippen molar-refractivity contribution in [3.8, 4) is 11.5 Å². The van der Waals surface area contributed by atoms with E-state index in [4.69, 9.17) is 14.6 Å². The number of amides is 1. The van der Waals surface area contributed by atoms with Crippen LogP contribution in [-0.2, 0) is 4.79 Å². The van der Waals surface area contributed by atoms with Gasteiger partial charge in [0.15, 0.2) is 11.5 Å². The van der Waals surface area contributed by atoms with Gasteiger partial charge >= 0.3 is 0 Å². The van der Waals surface area contributed by atoms with Crippen LogP contribution in [0.3, 0.4) is 0 Å². The van der Waals surface area contributed by atoms with Gasteiger partial charge in [0.25, 0.3) is 0 Å². The fraction of sp³-hybridized carbons (Fsp3) is 0.565. The van der Waals surface area contributed by atoms with Crippen molar-refractivity contribution >= 4 is 11.6 Å². The first-order chi connectivity index (χ1) is 13.7. The van der Waals surface area contributed by atoms with Gasteiger partial charge in [-0.2, -0.15) is 5.10 Å². The average Bonchev–Trinajstić information content (AvgIpc) is 3.03. The maximum atomic E-state index is 13.3. The third-order valence-electron chi connectivity index (χ3n) is 6.39. The molecule has 1 saturated carbocycles. The van der Waals surface area contributed by atoms with Crippen molar-refractivity contribution in [3.63, 3.8) is 0 Å². The zero-order chi connectivity index (χ0) is 19.5. The molecular formula is C23H30N2O3. The van der Waals surface area contributed by atoms with Crippen molar-refractivity contribution in [2.45, 2.75) is 57.4 Å². The molecule has 1 aliphatic heterocycles. The summed E-state index contributed by atoms with van der Waals surface area (Å²) in [5, 5.41) is 6.83. The Morgan fingerprint density at radius 2 is 1.61 bits per heavy atom. The number of allylic oxidation sites excluding steroid dienone is 2. The Morgan fingerprint density at radius 3 is 2.29 bits per heavy atom. The highest BCUT2D eigenvalue weighted by molar-refractivity contribution is 6.07. The number of fused-ring (bicyclic) bond motifs is 1. The van der Waals surface area contributed by atoms with Crippen molar-refractivity contribution in [2.24, 2.45) is 16.9 Å². The monoisotopic (exact) mass is 382 g/mol. The zero-order valence-electron chi connectivity index (χ0n) is 16.9. The zero-order valence-corrected chi connectivity index (χ0v) is 16.9. The molecule has 150 valence electrons. The topological polar surface area (TPSA) is 51.1 Å². The molecule has 1 amide bonds. The van der Waals surface area contributed by atoms with Crippen LogP contribution in [0.2, 0.25) is 0 Å². The molecule has 0 saturated heterocycles. The van der Waals surface area contributed by atoms with Gasteiger partial charge < -0.3 is 9.47 Å². The van der Waals surface area contributed by atoms with Crippen molar-refractivity contribution < 1.29 is 14.3 Å². The van der Waals surface area contributed by atoms with Crippen LogP contribution in [0, 0.1) is 11.8 Å². The summed E-state index contributed by atoms with van der Waals surface area (Å²) in [5.41, 5.74) is 2.04. The van der Waals surface area contributed by atoms with Crippen molar-refractivity contribution in [1.82, 2.24) is 5.01 Å². The highest BCUT2D eigenvalue weighted by Crippen LogP contribution is 2.38. The van der Waals surface area contributed by atoms with Crippen LogP contribution >= 0.6 is 0 Å². The molecule has 2 atom stereocenters. The van der Waals surface area contributed by atoms with Gasteiger partial charge in [-0.15, -0.1) is 0 Å². The normalized spacial score (nSPS) is 25.7. The Kier molecular flexibility index (Phi) is 5.69. The van der Waals surface area contributed by atoms with E-state index in [9.17, 15) is 4.79 Å². The lowest BCUT2D eigenvalue weighted by Crippen LogP contribution is -2.49. The fourth-order valence-corrected chi connectivity index (χ4v) is 4.83. The number of hydrogen-bond acceptors (Lipinski definition) is 4. The molecule has 0 spiro atoms. The highest BCUT2D eigenvalue weighted by atomic mass is 16.5. The van der Waals surface area contributed by atoms with Gasteiger partial charge in [-0.1, -0.05) is 37.8 Å². The maximum absolute atomic E-state index is 13.3. The van der Waals surface area contributed by atoms with Crippen molar-refractivity contribution in [2.75, 3.05) is 14.2 Å². The van der Waals surface area contributed by atoms with Crippen LogP contribution in [0.5, 0.6) is 11.5 Å². The Hall–Kier alpha value is -2.30. The lowest BCUT2D eigenvalue weighted by molar-refractivity contribution is -0.140. The minimum Gasteiger partial charge on any atom is -0.493 e. The van der Waals surface area contributed by atoms with E-state index in [0.717, 1.165) is 37.0 Å². The van der Waals surface area contributed by atoms with E-state index in [1.54, 1.807) is 14.2 Å². The van der Waals surface area contributed by atoms with Gasteiger partial charge in [0, 0.05) is 11.5 Å². The number of methoxy groups -OCH3 is 2. The Bertz CT molecular complexity index is 778. The number of hydrogen-bond donors (Lipinski definition) is 0. The molecule has 0 unspecified atom stereocenters. The first-order valence-corrected chi connectivity index (χ1v) is 10.5. The van der Waals surface area contributed by atoms with E-state index in [1.807, 2.05) is 23.2 Å². The summed E-state index contributed by atoms with van der Waals surface area (Å²) in [5.74, 6) is 1.75. The lowest BCUT2D eigenvalue weighted by Gasteiger charge is -2.40. The fourth-order valence-electron chi connectivity index (χ4n) is 4.83. The molecule has 0 aromatic heterocycles. The van der Waals surface area contributed by atoms with Crippen molar-refractivity contribution in [3.05, 3.63) is 35.9 Å². The third-order valence-corrected chi connectivity index (χ3v) is 6.39. The summed E-state index contributed by atoms with van der Waals surface area (Å²) in [6.45, 7) is 0. The SMILES string of the molecule is COc1ccc(C2=NN(C3CCCCCC3)C(=O)[C@H]3CC=CC[C@@H]23)cc1OC. The van der Waals surface area contributed by atoms with Crippen molar-refractivity contribution in [1.29, 1.82) is 0 Å². The van der Waals surface area contributed by atoms with Gasteiger partial charge in [-0.3, -0.25) is 4.79 Å². The van der Waals surface area contributed by atoms with Gasteiger partial charge in [0.2, 0.25) is 5.91 Å². The molecule has 2 aliphatic carbocycles. The summed E-state index contributed by atoms with van der Waals surface area (Å²) < 4.78 is 10.9. The van der Waals surface area contributed by atoms with Gasteiger partial charge in [0.1, 0.15) is 0 Å². The lowest BCUT2D eigenvalue weighted by atomic mass is 9.76. The summed E-state index contributed by atoms with van der Waals surface area (Å²) >= 11 is 0. The molecule has 28 heavy (non-hydrogen) atoms. The number of nitrogens with zero attached hydrogens (tertiary/aromatic N) is 2. The van der Waals surface area contributed by atoms with E-state index >= 15 is 0 Å². The van der Waals surface area contributed by atoms with Crippen LogP contribution in [0.15, 0.2) is 35.5 Å². The molecule has 1 fully saturated rings. The molecule has 0 N–H and O–H groups in total. The van der Waals surface area contributed by atoms with Gasteiger partial charge in [-0.05, 0) is 43.9 Å². The first kappa shape index (κ1) is 19.0. The smallest absolute Gasteiger partial charge is 0.247 e. The van der Waals surface area contributed by atoms with E-state index in [0.29, 0.717) is 11.5 Å². The molecule has 0 radical (unpaired) electrons. The first-order valence-electron chi connectivity index (χ1n) is 10.5. The summed E-state index contributed by atoms with van der Waals surface area (Å²) in [6.07, 6.45) is 13.0. The van der Waals surface area contributed by atoms with E-state index in [-0.39, 0.29) is 23.8 Å². The number of benzene rings is 1. The van der Waals surface area contributed by atoms with Crippen LogP contribution in [-0.4, -0.2) is 36.9 Å². The molecule has 0 bridgehead atoms. The second-order valence-electron chi connectivity index (χ2n) is 8.04. The minimum absolute atomic E-state index is 0.00569. The van der Waals surface area contributed by atoms with Crippen LogP contribution in [0.4, 0.5) is 0 Å². The van der Waals surface area contributed by atoms with Gasteiger partial charge in [-0.25, -0.2) is 5.01 Å². The van der Waals surface area contributed by atoms with E-state index in [2.05, 4.69) is 12.2 Å². The second-order valence-corrected chi connectivity index (χ2v) is 8.04. The summed E-state index contributed by atoms with van der Waals surface area (Å²) in [6, 6.07) is 6.19. The molecule has 3 aliphatic rings. The number of carbonyl (C=O) groups excluding carboxylic acids is 1. The predicted octanol–water partition coefficient (Wildman–Crippen LogP) is 4.56. The largest absolute Gasteiger partial charge is 0.493 e. The Morgan fingerprint density at radius 1 is 0.929 bits per heavy atom. The van der Waals surface area contributed by atoms with E-state index in [1.165, 1.54) is 25.7 Å². The Labute approximate surface area is 167 Å². The maximum Gasteiger partial charge on any atom is 0.247 e. The molecule has 1 aromatic carbocycles. The third kappa shape index (κ3) is 3.54. The predicted molar refractivity (Wildman–Crippen MR) is 110 cm³/mol. The number of rotatable bonds is 4. The minimum atomic E-state index is -0.00569. The number of carbonyl (C=O) groups is 1. The second kappa shape index (κ2) is 8.38. The number of ether oxygens (including phenoxy) is 2. The molecule has 5 heteroatoms.